The molecule has 5 nitrogen and oxygen atoms in total. The minimum Gasteiger partial charge on any atom is -0.382 e. The lowest BCUT2D eigenvalue weighted by Gasteiger charge is -2.34. The van der Waals surface area contributed by atoms with Crippen LogP contribution in [0.2, 0.25) is 0 Å². The Morgan fingerprint density at radius 1 is 1.21 bits per heavy atom. The van der Waals surface area contributed by atoms with E-state index in [1.807, 2.05) is 27.0 Å². The number of rotatable bonds is 0. The second-order valence-electron chi connectivity index (χ2n) is 5.08. The zero-order valence-corrected chi connectivity index (χ0v) is 11.6. The fraction of sp³-hybridized carbons (Fsp3) is 0.357. The highest BCUT2D eigenvalue weighted by Gasteiger charge is 2.30. The molecule has 0 radical (unpaired) electrons. The largest absolute Gasteiger partial charge is 0.382 e. The van der Waals surface area contributed by atoms with E-state index in [1.54, 1.807) is 6.20 Å². The Kier molecular flexibility index (Phi) is 2.45. The van der Waals surface area contributed by atoms with Crippen LogP contribution in [0, 0.1) is 13.8 Å². The molecule has 0 saturated heterocycles. The molecule has 0 bridgehead atoms. The van der Waals surface area contributed by atoms with E-state index in [9.17, 15) is 0 Å². The third-order valence-electron chi connectivity index (χ3n) is 3.65. The van der Waals surface area contributed by atoms with E-state index in [0.29, 0.717) is 5.82 Å². The topological polar surface area (TPSA) is 67.9 Å². The van der Waals surface area contributed by atoms with E-state index in [2.05, 4.69) is 26.8 Å². The molecule has 0 saturated carbocycles. The van der Waals surface area contributed by atoms with Gasteiger partial charge < -0.3 is 10.6 Å². The number of aryl methyl sites for hydroxylation is 2. The van der Waals surface area contributed by atoms with Gasteiger partial charge in [0.25, 0.3) is 0 Å². The van der Waals surface area contributed by atoms with Crippen LogP contribution in [-0.2, 0) is 0 Å². The van der Waals surface area contributed by atoms with Gasteiger partial charge in [-0.25, -0.2) is 4.98 Å². The smallest absolute Gasteiger partial charge is 0.148 e. The first-order chi connectivity index (χ1) is 8.99. The van der Waals surface area contributed by atoms with E-state index in [4.69, 9.17) is 5.73 Å². The normalized spacial score (nSPS) is 17.1. The van der Waals surface area contributed by atoms with Gasteiger partial charge in [-0.2, -0.15) is 0 Å². The molecule has 1 aliphatic heterocycles. The molecule has 1 aliphatic rings. The van der Waals surface area contributed by atoms with Crippen molar-refractivity contribution >= 4 is 11.5 Å². The van der Waals surface area contributed by atoms with E-state index >= 15 is 0 Å². The maximum absolute atomic E-state index is 6.08. The molecule has 19 heavy (non-hydrogen) atoms. The fourth-order valence-corrected chi connectivity index (χ4v) is 2.61. The Bertz CT molecular complexity index is 665. The molecule has 2 N–H and O–H groups in total. The molecule has 0 fully saturated rings. The second-order valence-corrected chi connectivity index (χ2v) is 5.08. The lowest BCUT2D eigenvalue weighted by atomic mass is 9.97. The van der Waals surface area contributed by atoms with Crippen molar-refractivity contribution in [1.82, 2.24) is 15.0 Å². The standard InChI is InChI=1S/C14H17N5/c1-7-5-10-12-11(17-8(2)6-16-12)9(3)19(4)13(10)14(15)18-7/h5-6,9H,1-4H3,(H2,15,18). The first kappa shape index (κ1) is 11.9. The van der Waals surface area contributed by atoms with Crippen molar-refractivity contribution in [3.05, 3.63) is 29.3 Å². The molecule has 0 aromatic carbocycles. The number of nitrogens with zero attached hydrogens (tertiary/aromatic N) is 4. The molecule has 3 rings (SSSR count). The monoisotopic (exact) mass is 255 g/mol. The van der Waals surface area contributed by atoms with Gasteiger partial charge in [0.05, 0.1) is 28.8 Å². The molecule has 1 unspecified atom stereocenters. The van der Waals surface area contributed by atoms with Gasteiger partial charge in [0.15, 0.2) is 0 Å². The molecular formula is C14H17N5. The summed E-state index contributed by atoms with van der Waals surface area (Å²) in [5.74, 6) is 0.553. The quantitative estimate of drug-likeness (QED) is 0.782. The highest BCUT2D eigenvalue weighted by atomic mass is 15.2. The Balaban J connectivity index is 2.36. The van der Waals surface area contributed by atoms with Gasteiger partial charge in [-0.15, -0.1) is 0 Å². The summed E-state index contributed by atoms with van der Waals surface area (Å²) in [6.07, 6.45) is 1.80. The minimum absolute atomic E-state index is 0.140. The maximum atomic E-state index is 6.08. The molecule has 0 spiro atoms. The molecule has 2 aromatic rings. The molecule has 5 heteroatoms. The van der Waals surface area contributed by atoms with Gasteiger partial charge in [0, 0.05) is 24.5 Å². The SMILES string of the molecule is Cc1cc2c(c(N)n1)N(C)C(C)c1nc(C)cnc1-2. The van der Waals surface area contributed by atoms with Gasteiger partial charge in [-0.05, 0) is 26.8 Å². The Morgan fingerprint density at radius 2 is 1.95 bits per heavy atom. The molecule has 98 valence electrons. The highest BCUT2D eigenvalue weighted by molar-refractivity contribution is 5.87. The Labute approximate surface area is 112 Å². The van der Waals surface area contributed by atoms with Crippen LogP contribution >= 0.6 is 0 Å². The van der Waals surface area contributed by atoms with Crippen LogP contribution in [0.1, 0.15) is 30.0 Å². The summed E-state index contributed by atoms with van der Waals surface area (Å²) < 4.78 is 0. The minimum atomic E-state index is 0.140. The van der Waals surface area contributed by atoms with Crippen molar-refractivity contribution in [3.63, 3.8) is 0 Å². The van der Waals surface area contributed by atoms with E-state index in [0.717, 1.165) is 34.0 Å². The predicted octanol–water partition coefficient (Wildman–Crippen LogP) is 2.25. The van der Waals surface area contributed by atoms with Gasteiger partial charge in [-0.3, -0.25) is 9.97 Å². The molecular weight excluding hydrogens is 238 g/mol. The van der Waals surface area contributed by atoms with Crippen LogP contribution in [-0.4, -0.2) is 22.0 Å². The van der Waals surface area contributed by atoms with E-state index in [1.165, 1.54) is 0 Å². The predicted molar refractivity (Wildman–Crippen MR) is 76.0 cm³/mol. The van der Waals surface area contributed by atoms with Crippen molar-refractivity contribution < 1.29 is 0 Å². The highest BCUT2D eigenvalue weighted by Crippen LogP contribution is 2.44. The zero-order chi connectivity index (χ0) is 13.7. The molecule has 2 aromatic heterocycles. The van der Waals surface area contributed by atoms with Gasteiger partial charge in [0.1, 0.15) is 5.82 Å². The summed E-state index contributed by atoms with van der Waals surface area (Å²) in [6, 6.07) is 2.17. The van der Waals surface area contributed by atoms with Gasteiger partial charge >= 0.3 is 0 Å². The first-order valence-electron chi connectivity index (χ1n) is 6.33. The van der Waals surface area contributed by atoms with Gasteiger partial charge in [0.2, 0.25) is 0 Å². The summed E-state index contributed by atoms with van der Waals surface area (Å²) in [5, 5.41) is 0. The fourth-order valence-electron chi connectivity index (χ4n) is 2.61. The van der Waals surface area contributed by atoms with Crippen molar-refractivity contribution in [1.29, 1.82) is 0 Å². The molecule has 3 heterocycles. The Hall–Kier alpha value is -2.17. The summed E-state index contributed by atoms with van der Waals surface area (Å²) in [6.45, 7) is 6.01. The number of pyridine rings is 1. The van der Waals surface area contributed by atoms with Crippen LogP contribution in [0.3, 0.4) is 0 Å². The van der Waals surface area contributed by atoms with Crippen LogP contribution in [0.25, 0.3) is 11.3 Å². The molecule has 0 amide bonds. The average Bonchev–Trinajstić information content (AvgIpc) is 2.35. The van der Waals surface area contributed by atoms with Crippen molar-refractivity contribution in [3.8, 4) is 11.3 Å². The van der Waals surface area contributed by atoms with Crippen LogP contribution in [0.15, 0.2) is 12.3 Å². The Morgan fingerprint density at radius 3 is 2.68 bits per heavy atom. The summed E-state index contributed by atoms with van der Waals surface area (Å²) >= 11 is 0. The number of nitrogen functional groups attached to an aromatic ring is 1. The van der Waals surface area contributed by atoms with Gasteiger partial charge in [-0.1, -0.05) is 0 Å². The number of fused-ring (bicyclic) bond motifs is 3. The summed E-state index contributed by atoms with van der Waals surface area (Å²) in [4.78, 5) is 15.7. The third-order valence-corrected chi connectivity index (χ3v) is 3.65. The summed E-state index contributed by atoms with van der Waals surface area (Å²) in [7, 11) is 2.02. The maximum Gasteiger partial charge on any atom is 0.148 e. The van der Waals surface area contributed by atoms with Crippen LogP contribution < -0.4 is 10.6 Å². The number of hydrogen-bond donors (Lipinski definition) is 1. The van der Waals surface area contributed by atoms with Crippen molar-refractivity contribution in [2.75, 3.05) is 17.7 Å². The third kappa shape index (κ3) is 1.65. The number of aromatic nitrogens is 3. The van der Waals surface area contributed by atoms with Crippen LogP contribution in [0.4, 0.5) is 11.5 Å². The van der Waals surface area contributed by atoms with E-state index < -0.39 is 0 Å². The van der Waals surface area contributed by atoms with Crippen molar-refractivity contribution in [2.45, 2.75) is 26.8 Å². The molecule has 1 atom stereocenters. The average molecular weight is 255 g/mol. The number of nitrogens with two attached hydrogens (primary N) is 1. The number of anilines is 2. The first-order valence-corrected chi connectivity index (χ1v) is 6.33. The number of hydrogen-bond acceptors (Lipinski definition) is 5. The van der Waals surface area contributed by atoms with Crippen molar-refractivity contribution in [2.24, 2.45) is 0 Å². The van der Waals surface area contributed by atoms with E-state index in [-0.39, 0.29) is 6.04 Å². The lowest BCUT2D eigenvalue weighted by molar-refractivity contribution is 0.696. The lowest BCUT2D eigenvalue weighted by Crippen LogP contribution is -2.29. The molecule has 0 aliphatic carbocycles. The van der Waals surface area contributed by atoms with Crippen LogP contribution in [0.5, 0.6) is 0 Å². The summed E-state index contributed by atoms with van der Waals surface area (Å²) in [5.41, 5.74) is 11.8. The zero-order valence-electron chi connectivity index (χ0n) is 11.6. The second kappa shape index (κ2) is 3.91.